The third-order valence-corrected chi connectivity index (χ3v) is 7.80. The van der Waals surface area contributed by atoms with E-state index in [4.69, 9.17) is 18.5 Å². The minimum absolute atomic E-state index is 0.00939. The van der Waals surface area contributed by atoms with Gasteiger partial charge in [0.15, 0.2) is 11.6 Å². The van der Waals surface area contributed by atoms with Crippen LogP contribution in [0.2, 0.25) is 0 Å². The number of hydrogen-bond donors (Lipinski definition) is 0. The van der Waals surface area contributed by atoms with Gasteiger partial charge in [0.1, 0.15) is 0 Å². The highest BCUT2D eigenvalue weighted by Crippen LogP contribution is 2.42. The molecule has 0 spiro atoms. The lowest BCUT2D eigenvalue weighted by Gasteiger charge is -2.35. The molecular weight excluding hydrogens is 577 g/mol. The standard InChI is InChI=1S/C16H29F6O11PS2/c1-5-13(6-2,28-9-11-30-35(24,25)15(17,18)19)32-34(23)33-14(7-3,8-4)29-10-12-31-36(26,27)16(20,21)22/h34H,5-12H2,1-4H3. The highest BCUT2D eigenvalue weighted by molar-refractivity contribution is 7.87. The Balaban J connectivity index is 5.10. The Bertz CT molecular complexity index is 827. The zero-order valence-corrected chi connectivity index (χ0v) is 22.4. The van der Waals surface area contributed by atoms with Crippen molar-refractivity contribution in [3.8, 4) is 0 Å². The number of alkyl halides is 6. The Kier molecular flexibility index (Phi) is 13.8. The molecular formula is C16H29F6O11PS2. The van der Waals surface area contributed by atoms with Gasteiger partial charge in [-0.2, -0.15) is 43.2 Å². The fourth-order valence-corrected chi connectivity index (χ4v) is 4.64. The number of halogens is 6. The van der Waals surface area contributed by atoms with E-state index in [9.17, 15) is 47.7 Å². The van der Waals surface area contributed by atoms with Crippen molar-refractivity contribution in [2.45, 2.75) is 76.0 Å². The molecule has 0 aromatic carbocycles. The molecule has 0 radical (unpaired) electrons. The van der Waals surface area contributed by atoms with Crippen molar-refractivity contribution in [3.63, 3.8) is 0 Å². The molecule has 0 atom stereocenters. The fourth-order valence-electron chi connectivity index (χ4n) is 2.46. The summed E-state index contributed by atoms with van der Waals surface area (Å²) in [6.45, 7) is 2.60. The van der Waals surface area contributed by atoms with Gasteiger partial charge < -0.3 is 9.47 Å². The van der Waals surface area contributed by atoms with E-state index < -0.39 is 77.5 Å². The highest BCUT2D eigenvalue weighted by Gasteiger charge is 2.48. The predicted octanol–water partition coefficient (Wildman–Crippen LogP) is 4.21. The molecule has 0 bridgehead atoms. The van der Waals surface area contributed by atoms with Crippen LogP contribution in [-0.2, 0) is 51.7 Å². The second-order valence-corrected chi connectivity index (χ2v) is 11.0. The van der Waals surface area contributed by atoms with Crippen LogP contribution < -0.4 is 0 Å². The first-order valence-electron chi connectivity index (χ1n) is 10.4. The van der Waals surface area contributed by atoms with Crippen molar-refractivity contribution in [2.75, 3.05) is 26.4 Å². The number of hydrogen-bond acceptors (Lipinski definition) is 11. The van der Waals surface area contributed by atoms with Crippen LogP contribution in [0.3, 0.4) is 0 Å². The molecule has 20 heteroatoms. The largest absolute Gasteiger partial charge is 0.523 e. The molecule has 11 nitrogen and oxygen atoms in total. The molecule has 0 aliphatic heterocycles. The van der Waals surface area contributed by atoms with Crippen molar-refractivity contribution < 1.29 is 74.6 Å². The van der Waals surface area contributed by atoms with Gasteiger partial charge in [-0.15, -0.1) is 0 Å². The van der Waals surface area contributed by atoms with Crippen LogP contribution in [0.15, 0.2) is 0 Å². The van der Waals surface area contributed by atoms with Gasteiger partial charge in [-0.05, 0) is 25.7 Å². The molecule has 0 saturated heterocycles. The summed E-state index contributed by atoms with van der Waals surface area (Å²) in [5.74, 6) is -3.36. The predicted molar refractivity (Wildman–Crippen MR) is 112 cm³/mol. The van der Waals surface area contributed by atoms with Gasteiger partial charge in [-0.3, -0.25) is 22.0 Å². The van der Waals surface area contributed by atoms with E-state index >= 15 is 0 Å². The quantitative estimate of drug-likeness (QED) is 0.0553. The normalized spacial score (nSPS) is 14.5. The van der Waals surface area contributed by atoms with Gasteiger partial charge in [-0.25, -0.2) is 0 Å². The molecule has 0 heterocycles. The molecule has 0 saturated carbocycles. The Morgan fingerprint density at radius 3 is 1.08 bits per heavy atom. The van der Waals surface area contributed by atoms with Crippen LogP contribution in [0.5, 0.6) is 0 Å². The van der Waals surface area contributed by atoms with Gasteiger partial charge in [0.05, 0.1) is 26.4 Å². The van der Waals surface area contributed by atoms with E-state index in [-0.39, 0.29) is 25.7 Å². The number of ether oxygens (including phenoxy) is 2. The Labute approximate surface area is 205 Å². The van der Waals surface area contributed by atoms with E-state index in [1.54, 1.807) is 0 Å². The van der Waals surface area contributed by atoms with Crippen molar-refractivity contribution in [1.29, 1.82) is 0 Å². The van der Waals surface area contributed by atoms with Crippen LogP contribution in [0.25, 0.3) is 0 Å². The fraction of sp³-hybridized carbons (Fsp3) is 1.00. The molecule has 0 N–H and O–H groups in total. The van der Waals surface area contributed by atoms with Crippen LogP contribution in [0.4, 0.5) is 26.3 Å². The lowest BCUT2D eigenvalue weighted by molar-refractivity contribution is -0.219. The van der Waals surface area contributed by atoms with Gasteiger partial charge in [0.25, 0.3) is 0 Å². The molecule has 0 aromatic heterocycles. The zero-order valence-electron chi connectivity index (χ0n) is 19.7. The van der Waals surface area contributed by atoms with E-state index in [1.165, 1.54) is 27.7 Å². The van der Waals surface area contributed by atoms with Crippen LogP contribution in [0, 0.1) is 0 Å². The van der Waals surface area contributed by atoms with Gasteiger partial charge in [0, 0.05) is 0 Å². The molecule has 0 unspecified atom stereocenters. The van der Waals surface area contributed by atoms with Gasteiger partial charge >= 0.3 is 39.5 Å². The van der Waals surface area contributed by atoms with Crippen LogP contribution in [0.1, 0.15) is 53.4 Å². The summed E-state index contributed by atoms with van der Waals surface area (Å²) < 4.78 is 159. The first kappa shape index (κ1) is 35.5. The lowest BCUT2D eigenvalue weighted by atomic mass is 10.1. The number of rotatable bonds is 18. The maximum absolute atomic E-state index is 12.6. The summed E-state index contributed by atoms with van der Waals surface area (Å²) in [5.41, 5.74) is -11.2. The third-order valence-electron chi connectivity index (χ3n) is 4.63. The van der Waals surface area contributed by atoms with Gasteiger partial charge in [-0.1, -0.05) is 27.7 Å². The molecule has 218 valence electrons. The summed E-state index contributed by atoms with van der Waals surface area (Å²) in [5, 5.41) is 0. The summed E-state index contributed by atoms with van der Waals surface area (Å²) in [6.07, 6.45) is -0.0376. The second kappa shape index (κ2) is 14.0. The lowest BCUT2D eigenvalue weighted by Crippen LogP contribution is -2.37. The first-order chi connectivity index (χ1) is 16.3. The molecule has 0 fully saturated rings. The van der Waals surface area contributed by atoms with Crippen LogP contribution >= 0.6 is 8.25 Å². The molecule has 0 aromatic rings. The third kappa shape index (κ3) is 10.7. The minimum atomic E-state index is -5.84. The summed E-state index contributed by atoms with van der Waals surface area (Å²) >= 11 is 0. The van der Waals surface area contributed by atoms with E-state index in [0.717, 1.165) is 0 Å². The van der Waals surface area contributed by atoms with Crippen molar-refractivity contribution in [2.24, 2.45) is 0 Å². The average molecular weight is 606 g/mol. The zero-order chi connectivity index (χ0) is 28.5. The summed E-state index contributed by atoms with van der Waals surface area (Å²) in [7, 11) is -15.2. The SMILES string of the molecule is CCC(CC)(OCCOS(=O)(=O)C(F)(F)F)O[PH](=O)OC(CC)(CC)OCCOS(=O)(=O)C(F)(F)F. The minimum Gasteiger partial charge on any atom is -0.347 e. The van der Waals surface area contributed by atoms with E-state index in [1.807, 2.05) is 0 Å². The topological polar surface area (TPSA) is 141 Å². The highest BCUT2D eigenvalue weighted by atomic mass is 32.2. The Morgan fingerprint density at radius 1 is 0.583 bits per heavy atom. The average Bonchev–Trinajstić information content (AvgIpc) is 2.76. The molecule has 0 aliphatic carbocycles. The molecule has 0 aliphatic rings. The Hall–Kier alpha value is -0.530. The van der Waals surface area contributed by atoms with Crippen molar-refractivity contribution in [1.82, 2.24) is 0 Å². The van der Waals surface area contributed by atoms with Gasteiger partial charge in [0.2, 0.25) is 0 Å². The molecule has 36 heavy (non-hydrogen) atoms. The summed E-state index contributed by atoms with van der Waals surface area (Å²) in [4.78, 5) is 0. The second-order valence-electron chi connectivity index (χ2n) is 6.83. The monoisotopic (exact) mass is 606 g/mol. The Morgan fingerprint density at radius 2 is 0.861 bits per heavy atom. The smallest absolute Gasteiger partial charge is 0.347 e. The van der Waals surface area contributed by atoms with Crippen LogP contribution in [-0.4, -0.2) is 65.9 Å². The maximum Gasteiger partial charge on any atom is 0.523 e. The first-order valence-corrected chi connectivity index (χ1v) is 14.4. The van der Waals surface area contributed by atoms with E-state index in [2.05, 4.69) is 8.37 Å². The van der Waals surface area contributed by atoms with Crippen molar-refractivity contribution in [3.05, 3.63) is 0 Å². The summed E-state index contributed by atoms with van der Waals surface area (Å²) in [6, 6.07) is 0. The maximum atomic E-state index is 12.6. The van der Waals surface area contributed by atoms with E-state index in [0.29, 0.717) is 0 Å². The molecule has 0 rings (SSSR count). The van der Waals surface area contributed by atoms with Crippen molar-refractivity contribution >= 4 is 28.5 Å². The molecule has 0 amide bonds.